The van der Waals surface area contributed by atoms with E-state index in [1.54, 1.807) is 0 Å². The molecule has 6 aromatic rings. The molecular formula is C39H43Cl2SiZr-3. The summed E-state index contributed by atoms with van der Waals surface area (Å²) in [4.78, 5) is 0. The Morgan fingerprint density at radius 3 is 2.02 bits per heavy atom. The number of benzene rings is 4. The van der Waals surface area contributed by atoms with Crippen LogP contribution in [-0.2, 0) is 27.3 Å². The Balaban J connectivity index is 0.000000249. The predicted molar refractivity (Wildman–Crippen MR) is 192 cm³/mol. The van der Waals surface area contributed by atoms with Crippen molar-refractivity contribution in [2.75, 3.05) is 0 Å². The molecule has 0 aliphatic carbocycles. The van der Waals surface area contributed by atoms with E-state index in [1.165, 1.54) is 63.1 Å². The molecule has 0 aromatic heterocycles. The van der Waals surface area contributed by atoms with Gasteiger partial charge >= 0.3 is 37.9 Å². The molecule has 2 radical (unpaired) electrons. The molecule has 0 fully saturated rings. The van der Waals surface area contributed by atoms with Crippen LogP contribution in [0, 0.1) is 6.07 Å². The smallest absolute Gasteiger partial charge is 0.0809 e. The Bertz CT molecular complexity index is 1460. The quantitative estimate of drug-likeness (QED) is 0.124. The zero-order valence-corrected chi connectivity index (χ0v) is 31.0. The molecule has 0 saturated heterocycles. The first-order chi connectivity index (χ1) is 21.0. The summed E-state index contributed by atoms with van der Waals surface area (Å²) in [6, 6.07) is 47.6. The van der Waals surface area contributed by atoms with E-state index < -0.39 is 20.8 Å². The maximum absolute atomic E-state index is 4.93. The van der Waals surface area contributed by atoms with Gasteiger partial charge in [-0.15, -0.1) is 64.2 Å². The molecule has 0 heterocycles. The van der Waals surface area contributed by atoms with Gasteiger partial charge in [0.1, 0.15) is 0 Å². The Morgan fingerprint density at radius 1 is 0.814 bits per heavy atom. The van der Waals surface area contributed by atoms with E-state index in [9.17, 15) is 0 Å². The van der Waals surface area contributed by atoms with Crippen LogP contribution in [0.4, 0.5) is 0 Å². The molecule has 0 aliphatic heterocycles. The first-order valence-electron chi connectivity index (χ1n) is 14.8. The summed E-state index contributed by atoms with van der Waals surface area (Å²) in [5, 5.41) is 5.43. The average molecular weight is 702 g/mol. The Morgan fingerprint density at radius 2 is 1.47 bits per heavy atom. The number of hydrogen-bond donors (Lipinski definition) is 0. The zero-order chi connectivity index (χ0) is 31.3. The minimum absolute atomic E-state index is 0.587. The van der Waals surface area contributed by atoms with E-state index in [0.717, 1.165) is 9.52 Å². The van der Waals surface area contributed by atoms with Gasteiger partial charge in [0.05, 0.1) is 0 Å². The predicted octanol–water partition coefficient (Wildman–Crippen LogP) is 12.9. The van der Waals surface area contributed by atoms with Crippen LogP contribution < -0.4 is 0 Å². The van der Waals surface area contributed by atoms with Crippen LogP contribution in [0.1, 0.15) is 50.7 Å². The zero-order valence-electron chi connectivity index (χ0n) is 26.1. The monoisotopic (exact) mass is 699 g/mol. The van der Waals surface area contributed by atoms with Crippen molar-refractivity contribution in [3.8, 4) is 11.1 Å². The second-order valence-electron chi connectivity index (χ2n) is 10.4. The third-order valence-corrected chi connectivity index (χ3v) is 6.67. The number of rotatable bonds is 5. The van der Waals surface area contributed by atoms with Gasteiger partial charge in [0.25, 0.3) is 0 Å². The molecule has 224 valence electrons. The second-order valence-corrected chi connectivity index (χ2v) is 15.1. The number of hydrogen-bond acceptors (Lipinski definition) is 0. The molecule has 0 spiro atoms. The molecule has 0 aliphatic rings. The fourth-order valence-electron chi connectivity index (χ4n) is 4.53. The SMILES string of the molecule is CCCCc1cc2c(-c3ccc(C(C)C)cc3)cccc2[cH-]1.C[Si]C.[Cl][Zr][Cl].[c-]1ccccc1.c1ccc2[cH-]ccc2c1. The van der Waals surface area contributed by atoms with Crippen LogP contribution in [0.25, 0.3) is 32.7 Å². The van der Waals surface area contributed by atoms with Gasteiger partial charge < -0.3 is 0 Å². The second kappa shape index (κ2) is 22.3. The van der Waals surface area contributed by atoms with Crippen LogP contribution in [0.15, 0.2) is 127 Å². The summed E-state index contributed by atoms with van der Waals surface area (Å²) < 4.78 is 0. The maximum Gasteiger partial charge on any atom is -0.0809 e. The first-order valence-corrected chi connectivity index (χ1v) is 23.2. The summed E-state index contributed by atoms with van der Waals surface area (Å²) in [6.45, 7) is 11.0. The Kier molecular flexibility index (Phi) is 19.2. The van der Waals surface area contributed by atoms with Gasteiger partial charge in [-0.1, -0.05) is 88.7 Å². The molecule has 6 aromatic carbocycles. The van der Waals surface area contributed by atoms with Crippen molar-refractivity contribution in [2.24, 2.45) is 0 Å². The third kappa shape index (κ3) is 13.5. The fraction of sp³-hybridized carbons (Fsp3) is 0.231. The number of fused-ring (bicyclic) bond motifs is 2. The Labute approximate surface area is 281 Å². The van der Waals surface area contributed by atoms with Gasteiger partial charge in [-0.3, -0.25) is 0 Å². The summed E-state index contributed by atoms with van der Waals surface area (Å²) >= 11 is -0.826. The molecule has 4 heteroatoms. The maximum atomic E-state index is 4.93. The number of aryl methyl sites for hydroxylation is 1. The van der Waals surface area contributed by atoms with E-state index >= 15 is 0 Å². The molecule has 0 atom stereocenters. The largest absolute Gasteiger partial charge is 0.184 e. The van der Waals surface area contributed by atoms with Gasteiger partial charge in [0.15, 0.2) is 0 Å². The van der Waals surface area contributed by atoms with Crippen LogP contribution in [-0.4, -0.2) is 9.52 Å². The van der Waals surface area contributed by atoms with E-state index in [1.807, 2.05) is 30.3 Å². The standard InChI is InChI=1S/C22H25.C9H7.C6H5.C2H6Si.2ClH.Zr/c1-4-5-7-17-14-20-8-6-9-21(22(20)15-17)19-12-10-18(11-13-19)16(2)3;1-2-5-9-7-3-6-8(9)4-1;1-2-4-6-5-3-1;1-3-2;;;/h6,8-16H,4-5,7H2,1-3H3;1-7H;1-5H;1-2H3;2*1H;/q3*-1;;;;+2/p-2. The van der Waals surface area contributed by atoms with Crippen molar-refractivity contribution in [3.05, 3.63) is 145 Å². The summed E-state index contributed by atoms with van der Waals surface area (Å²) in [6.07, 6.45) is 3.72. The van der Waals surface area contributed by atoms with Gasteiger partial charge in [0.2, 0.25) is 0 Å². The molecule has 43 heavy (non-hydrogen) atoms. The van der Waals surface area contributed by atoms with Gasteiger partial charge in [-0.2, -0.15) is 60.0 Å². The molecule has 0 saturated carbocycles. The minimum Gasteiger partial charge on any atom is -0.184 e. The van der Waals surface area contributed by atoms with E-state index in [4.69, 9.17) is 17.0 Å². The van der Waals surface area contributed by atoms with Crippen molar-refractivity contribution in [1.29, 1.82) is 0 Å². The molecule has 0 bridgehead atoms. The molecule has 0 amide bonds. The van der Waals surface area contributed by atoms with Crippen molar-refractivity contribution >= 4 is 48.1 Å². The van der Waals surface area contributed by atoms with Crippen molar-refractivity contribution in [1.82, 2.24) is 0 Å². The van der Waals surface area contributed by atoms with Gasteiger partial charge in [0, 0.05) is 9.52 Å². The molecule has 6 rings (SSSR count). The van der Waals surface area contributed by atoms with Crippen LogP contribution in [0.2, 0.25) is 13.1 Å². The minimum atomic E-state index is -0.826. The normalized spacial score (nSPS) is 9.86. The topological polar surface area (TPSA) is 0 Å². The Hall–Kier alpha value is -2.22. The molecule has 0 N–H and O–H groups in total. The summed E-state index contributed by atoms with van der Waals surface area (Å²) in [7, 11) is 11.0. The van der Waals surface area contributed by atoms with Crippen LogP contribution >= 0.6 is 17.0 Å². The summed E-state index contributed by atoms with van der Waals surface area (Å²) in [5.41, 5.74) is 5.56. The molecular weight excluding hydrogens is 659 g/mol. The first kappa shape index (κ1) is 37.0. The van der Waals surface area contributed by atoms with E-state index in [2.05, 4.69) is 137 Å². The number of halogens is 2. The van der Waals surface area contributed by atoms with Crippen molar-refractivity contribution in [2.45, 2.75) is 59.0 Å². The van der Waals surface area contributed by atoms with E-state index in [0.29, 0.717) is 5.92 Å². The summed E-state index contributed by atoms with van der Waals surface area (Å²) in [5.74, 6) is 0.587. The van der Waals surface area contributed by atoms with Gasteiger partial charge in [-0.05, 0) is 23.5 Å². The van der Waals surface area contributed by atoms with Crippen molar-refractivity contribution < 1.29 is 20.8 Å². The third-order valence-electron chi connectivity index (χ3n) is 6.67. The van der Waals surface area contributed by atoms with Gasteiger partial charge in [-0.25, -0.2) is 0 Å². The van der Waals surface area contributed by atoms with Crippen molar-refractivity contribution in [3.63, 3.8) is 0 Å². The fourth-order valence-corrected chi connectivity index (χ4v) is 4.53. The molecule has 0 unspecified atom stereocenters. The number of unbranched alkanes of at least 4 members (excludes halogenated alkanes) is 1. The van der Waals surface area contributed by atoms with Crippen LogP contribution in [0.3, 0.4) is 0 Å². The van der Waals surface area contributed by atoms with Crippen LogP contribution in [0.5, 0.6) is 0 Å². The average Bonchev–Trinajstić information content (AvgIpc) is 3.69. The molecule has 0 nitrogen and oxygen atoms in total. The van der Waals surface area contributed by atoms with E-state index in [-0.39, 0.29) is 0 Å².